The van der Waals surface area contributed by atoms with Crippen LogP contribution >= 0.6 is 0 Å². The van der Waals surface area contributed by atoms with Gasteiger partial charge >= 0.3 is 76.7 Å². The second kappa shape index (κ2) is 2.81. The molecule has 2 atom stereocenters. The molecular weight excluding hydrogens is 342 g/mol. The van der Waals surface area contributed by atoms with Crippen molar-refractivity contribution >= 4 is 0 Å². The Morgan fingerprint density at radius 2 is 1.67 bits per heavy atom. The van der Waals surface area contributed by atoms with Gasteiger partial charge in [0.05, 0.1) is 0 Å². The van der Waals surface area contributed by atoms with Crippen LogP contribution in [0.4, 0.5) is 0 Å². The van der Waals surface area contributed by atoms with Gasteiger partial charge in [0.2, 0.25) is 0 Å². The minimum atomic E-state index is 0.111. The van der Waals surface area contributed by atoms with E-state index >= 15 is 0 Å². The number of alkyl halides is 4. The van der Waals surface area contributed by atoms with E-state index in [4.69, 9.17) is 0 Å². The summed E-state index contributed by atoms with van der Waals surface area (Å²) in [6.07, 6.45) is 2.47. The van der Waals surface area contributed by atoms with E-state index in [1.807, 2.05) is 0 Å². The van der Waals surface area contributed by atoms with Crippen LogP contribution in [-0.2, 0) is 0 Å². The first-order valence-electron chi connectivity index (χ1n) is 3.20. The van der Waals surface area contributed by atoms with E-state index < -0.39 is 0 Å². The second-order valence-electron chi connectivity index (χ2n) is 2.57. The van der Waals surface area contributed by atoms with Crippen molar-refractivity contribution in [1.29, 1.82) is 0 Å². The predicted octanol–water partition coefficient (Wildman–Crippen LogP) is -5.97. The molecule has 0 aromatic rings. The van der Waals surface area contributed by atoms with Gasteiger partial charge in [0.1, 0.15) is 0 Å². The molecule has 2 fully saturated rings. The summed E-state index contributed by atoms with van der Waals surface area (Å²) in [6.45, 7) is 0. The van der Waals surface area contributed by atoms with Crippen LogP contribution in [0.25, 0.3) is 0 Å². The van der Waals surface area contributed by atoms with Gasteiger partial charge in [-0.05, 0) is 0 Å². The average molecular weight is 352 g/mol. The molecule has 2 unspecified atom stereocenters. The summed E-state index contributed by atoms with van der Waals surface area (Å²) < 4.78 is 3.76. The minimum absolute atomic E-state index is 0.111. The van der Waals surface area contributed by atoms with E-state index in [0.717, 1.165) is 7.85 Å². The predicted molar refractivity (Wildman–Crippen MR) is 27.7 cm³/mol. The second-order valence-corrected chi connectivity index (χ2v) is 12.0. The van der Waals surface area contributed by atoms with Crippen LogP contribution in [0, 0.1) is 0 Å². The molecule has 2 aliphatic rings. The van der Waals surface area contributed by atoms with Crippen molar-refractivity contribution in [3.05, 3.63) is 0 Å². The molecule has 1 N–H and O–H groups in total. The van der Waals surface area contributed by atoms with Crippen molar-refractivity contribution < 1.29 is 47.5 Å². The zero-order chi connectivity index (χ0) is 6.27. The fraction of sp³-hybridized carbons (Fsp3) is 1.00. The van der Waals surface area contributed by atoms with Crippen LogP contribution in [0.5, 0.6) is 0 Å². The van der Waals surface area contributed by atoms with E-state index in [-0.39, 0.29) is 6.10 Å². The molecule has 56 valence electrons. The van der Waals surface area contributed by atoms with Crippen LogP contribution in [-0.4, -0.2) is 21.5 Å². The van der Waals surface area contributed by atoms with Crippen LogP contribution < -0.4 is 42.4 Å². The quantitative estimate of drug-likeness (QED) is 0.340. The molecule has 0 bridgehead atoms. The van der Waals surface area contributed by atoms with E-state index in [1.165, 1.54) is 12.8 Å². The summed E-state index contributed by atoms with van der Waals surface area (Å²) in [5, 5.41) is 9.27. The van der Waals surface area contributed by atoms with Crippen molar-refractivity contribution in [2.24, 2.45) is 0 Å². The third-order valence-corrected chi connectivity index (χ3v) is 13.4. The fourth-order valence-corrected chi connectivity index (χ4v) is 15.7. The van der Waals surface area contributed by atoms with Gasteiger partial charge in [-0.15, -0.1) is 0 Å². The SMILES string of the molecule is OC1CC2[I-]C[I-]C2C1. The van der Waals surface area contributed by atoms with Gasteiger partial charge in [0, 0.05) is 0 Å². The summed E-state index contributed by atoms with van der Waals surface area (Å²) in [5.74, 6) is 0. The number of hydrogen-bond acceptors (Lipinski definition) is 1. The molecule has 1 saturated heterocycles. The maximum atomic E-state index is 9.27. The Labute approximate surface area is 76.1 Å². The molecule has 0 radical (unpaired) electrons. The number of aliphatic hydroxyl groups is 1. The van der Waals surface area contributed by atoms with Crippen molar-refractivity contribution in [2.45, 2.75) is 26.8 Å². The van der Waals surface area contributed by atoms with E-state index in [9.17, 15) is 5.11 Å². The summed E-state index contributed by atoms with van der Waals surface area (Å²) >= 11 is 1.12. The molecule has 0 amide bonds. The molecule has 1 aliphatic heterocycles. The summed E-state index contributed by atoms with van der Waals surface area (Å²) in [6, 6.07) is 0. The molecule has 9 heavy (non-hydrogen) atoms. The third kappa shape index (κ3) is 1.38. The van der Waals surface area contributed by atoms with Crippen molar-refractivity contribution in [1.82, 2.24) is 0 Å². The summed E-state index contributed by atoms with van der Waals surface area (Å²) in [7, 11) is 0. The monoisotopic (exact) mass is 352 g/mol. The maximum absolute atomic E-state index is 9.27. The Bertz CT molecular complexity index is 106. The van der Waals surface area contributed by atoms with Crippen LogP contribution in [0.15, 0.2) is 0 Å². The van der Waals surface area contributed by atoms with Gasteiger partial charge in [-0.1, -0.05) is 0 Å². The van der Waals surface area contributed by atoms with Crippen molar-refractivity contribution in [3.8, 4) is 0 Å². The van der Waals surface area contributed by atoms with Gasteiger partial charge in [-0.2, -0.15) is 0 Å². The molecule has 0 aromatic carbocycles. The third-order valence-electron chi connectivity index (χ3n) is 1.90. The summed E-state index contributed by atoms with van der Waals surface area (Å²) in [5.41, 5.74) is 0. The van der Waals surface area contributed by atoms with Crippen LogP contribution in [0.2, 0.25) is 0 Å². The van der Waals surface area contributed by atoms with Gasteiger partial charge in [0.15, 0.2) is 0 Å². The average Bonchev–Trinajstić information content (AvgIpc) is 2.22. The Morgan fingerprint density at radius 3 is 2.22 bits per heavy atom. The molecule has 2 rings (SSSR count). The van der Waals surface area contributed by atoms with Crippen LogP contribution in [0.3, 0.4) is 0 Å². The Balaban J connectivity index is 2.02. The number of hydrogen-bond donors (Lipinski definition) is 1. The normalized spacial score (nSPS) is 51.4. The molecule has 1 aliphatic carbocycles. The molecule has 1 nitrogen and oxygen atoms in total. The van der Waals surface area contributed by atoms with Gasteiger partial charge in [0.25, 0.3) is 0 Å². The molecule has 0 aromatic heterocycles. The van der Waals surface area contributed by atoms with Crippen molar-refractivity contribution in [2.75, 3.05) is 2.43 Å². The first-order chi connectivity index (χ1) is 4.36. The van der Waals surface area contributed by atoms with Gasteiger partial charge < -0.3 is 0 Å². The first kappa shape index (κ1) is 7.09. The molecule has 1 saturated carbocycles. The van der Waals surface area contributed by atoms with Crippen molar-refractivity contribution in [3.63, 3.8) is 0 Å². The number of rotatable bonds is 0. The first-order valence-corrected chi connectivity index (χ1v) is 8.74. The molecular formula is C6H10I2O-2. The molecule has 3 heteroatoms. The standard InChI is InChI=1S/C6H10I2O/c9-4-1-5-6(2-4)8-3-7-5/h4-6,9H,1-3H2/q-2. The fourth-order valence-electron chi connectivity index (χ4n) is 1.41. The molecule has 1 heterocycles. The molecule has 0 spiro atoms. The van der Waals surface area contributed by atoms with E-state index in [2.05, 4.69) is 0 Å². The Morgan fingerprint density at radius 1 is 1.11 bits per heavy atom. The number of halogens is 2. The number of aliphatic hydroxyl groups excluding tert-OH is 1. The van der Waals surface area contributed by atoms with E-state index in [1.54, 1.807) is 2.43 Å². The van der Waals surface area contributed by atoms with Crippen LogP contribution in [0.1, 0.15) is 12.8 Å². The zero-order valence-electron chi connectivity index (χ0n) is 5.06. The topological polar surface area (TPSA) is 20.2 Å². The zero-order valence-corrected chi connectivity index (χ0v) is 9.37. The summed E-state index contributed by atoms with van der Waals surface area (Å²) in [4.78, 5) is 0. The number of fused-ring (bicyclic) bond motifs is 1. The van der Waals surface area contributed by atoms with Gasteiger partial charge in [-0.25, -0.2) is 0 Å². The Kier molecular flexibility index (Phi) is 2.21. The van der Waals surface area contributed by atoms with Gasteiger partial charge in [-0.3, -0.25) is 0 Å². The Hall–Kier alpha value is 1.42. The van der Waals surface area contributed by atoms with E-state index in [0.29, 0.717) is 42.4 Å².